The van der Waals surface area contributed by atoms with Crippen LogP contribution in [0.2, 0.25) is 0 Å². The number of carbonyl (C=O) groups excluding carboxylic acids is 1. The van der Waals surface area contributed by atoms with Gasteiger partial charge in [0.15, 0.2) is 5.16 Å². The predicted molar refractivity (Wildman–Crippen MR) is 122 cm³/mol. The van der Waals surface area contributed by atoms with Crippen LogP contribution in [0.1, 0.15) is 6.92 Å². The molecular weight excluding hydrogens is 418 g/mol. The Labute approximate surface area is 181 Å². The van der Waals surface area contributed by atoms with Crippen LogP contribution < -0.4 is 15.6 Å². The second kappa shape index (κ2) is 8.73. The molecule has 2 aromatic heterocycles. The van der Waals surface area contributed by atoms with E-state index in [-0.39, 0.29) is 11.5 Å². The molecule has 0 saturated carbocycles. The first-order valence-corrected chi connectivity index (χ1v) is 11.0. The van der Waals surface area contributed by atoms with Crippen LogP contribution in [-0.4, -0.2) is 27.8 Å². The molecule has 0 aliphatic heterocycles. The Bertz CT molecular complexity index is 1250. The maximum atomic E-state index is 13.1. The predicted octanol–water partition coefficient (Wildman–Crippen LogP) is 4.58. The van der Waals surface area contributed by atoms with E-state index in [1.54, 1.807) is 36.8 Å². The van der Waals surface area contributed by atoms with Gasteiger partial charge in [-0.15, -0.1) is 11.3 Å². The first-order valence-electron chi connectivity index (χ1n) is 9.24. The number of hydrogen-bond donors (Lipinski definition) is 1. The highest BCUT2D eigenvalue weighted by Gasteiger charge is 2.21. The van der Waals surface area contributed by atoms with Gasteiger partial charge in [-0.25, -0.2) is 4.98 Å². The largest absolute Gasteiger partial charge is 0.497 e. The summed E-state index contributed by atoms with van der Waals surface area (Å²) in [6.45, 7) is 1.79. The minimum atomic E-state index is -0.476. The smallest absolute Gasteiger partial charge is 0.267 e. The van der Waals surface area contributed by atoms with Crippen LogP contribution >= 0.6 is 23.1 Å². The van der Waals surface area contributed by atoms with E-state index in [4.69, 9.17) is 4.74 Å². The summed E-state index contributed by atoms with van der Waals surface area (Å²) in [4.78, 5) is 31.2. The van der Waals surface area contributed by atoms with Crippen molar-refractivity contribution in [2.45, 2.75) is 17.3 Å². The summed E-state index contributed by atoms with van der Waals surface area (Å²) in [6.07, 6.45) is 0. The molecule has 8 heteroatoms. The summed E-state index contributed by atoms with van der Waals surface area (Å²) in [7, 11) is 1.58. The van der Waals surface area contributed by atoms with Gasteiger partial charge in [0.1, 0.15) is 10.6 Å². The second-order valence-electron chi connectivity index (χ2n) is 6.49. The average Bonchev–Trinajstić information content (AvgIpc) is 3.23. The van der Waals surface area contributed by atoms with Crippen molar-refractivity contribution in [1.29, 1.82) is 0 Å². The molecule has 6 nitrogen and oxygen atoms in total. The summed E-state index contributed by atoms with van der Waals surface area (Å²) in [5.41, 5.74) is 1.22. The van der Waals surface area contributed by atoms with Crippen LogP contribution in [0.5, 0.6) is 5.75 Å². The van der Waals surface area contributed by atoms with Gasteiger partial charge in [-0.2, -0.15) is 0 Å². The van der Waals surface area contributed by atoms with Gasteiger partial charge in [0.2, 0.25) is 5.91 Å². The lowest BCUT2D eigenvalue weighted by Gasteiger charge is -2.16. The van der Waals surface area contributed by atoms with Gasteiger partial charge in [-0.1, -0.05) is 36.0 Å². The fourth-order valence-corrected chi connectivity index (χ4v) is 4.67. The van der Waals surface area contributed by atoms with Crippen LogP contribution in [0.15, 0.2) is 76.0 Å². The number of ether oxygens (including phenoxy) is 1. The third kappa shape index (κ3) is 4.10. The highest BCUT2D eigenvalue weighted by atomic mass is 32.2. The van der Waals surface area contributed by atoms with Crippen molar-refractivity contribution in [3.8, 4) is 11.4 Å². The van der Waals surface area contributed by atoms with E-state index < -0.39 is 5.25 Å². The van der Waals surface area contributed by atoms with Crippen LogP contribution in [0, 0.1) is 0 Å². The third-order valence-corrected chi connectivity index (χ3v) is 6.33. The third-order valence-electron chi connectivity index (χ3n) is 4.47. The molecule has 152 valence electrons. The molecule has 4 rings (SSSR count). The number of thioether (sulfide) groups is 1. The lowest BCUT2D eigenvalue weighted by Crippen LogP contribution is -2.26. The molecule has 0 saturated heterocycles. The number of carbonyl (C=O) groups is 1. The molecular formula is C22H19N3O3S2. The number of methoxy groups -OCH3 is 1. The normalized spacial score (nSPS) is 11.9. The number of hydrogen-bond acceptors (Lipinski definition) is 6. The first-order chi connectivity index (χ1) is 14.6. The van der Waals surface area contributed by atoms with Crippen molar-refractivity contribution in [2.24, 2.45) is 0 Å². The van der Waals surface area contributed by atoms with Gasteiger partial charge < -0.3 is 10.1 Å². The maximum Gasteiger partial charge on any atom is 0.267 e. The molecule has 0 bridgehead atoms. The molecule has 1 N–H and O–H groups in total. The maximum absolute atomic E-state index is 13.1. The summed E-state index contributed by atoms with van der Waals surface area (Å²) in [6, 6.07) is 18.3. The number of anilines is 1. The minimum absolute atomic E-state index is 0.143. The average molecular weight is 438 g/mol. The number of rotatable bonds is 6. The fourth-order valence-electron chi connectivity index (χ4n) is 2.93. The topological polar surface area (TPSA) is 73.2 Å². The number of fused-ring (bicyclic) bond motifs is 1. The molecule has 2 aromatic carbocycles. The molecule has 0 spiro atoms. The Kier molecular flexibility index (Phi) is 5.87. The van der Waals surface area contributed by atoms with E-state index in [0.29, 0.717) is 32.5 Å². The molecule has 0 aliphatic rings. The monoisotopic (exact) mass is 437 g/mol. The summed E-state index contributed by atoms with van der Waals surface area (Å²) in [5, 5.41) is 5.31. The van der Waals surface area contributed by atoms with E-state index in [1.165, 1.54) is 23.1 Å². The molecule has 0 fully saturated rings. The summed E-state index contributed by atoms with van der Waals surface area (Å²) >= 11 is 2.66. The highest BCUT2D eigenvalue weighted by Crippen LogP contribution is 2.27. The van der Waals surface area contributed by atoms with Crippen molar-refractivity contribution in [3.05, 3.63) is 76.4 Å². The Hall–Kier alpha value is -3.10. The van der Waals surface area contributed by atoms with Crippen molar-refractivity contribution < 1.29 is 9.53 Å². The Morgan fingerprint density at radius 1 is 1.17 bits per heavy atom. The van der Waals surface area contributed by atoms with Gasteiger partial charge in [0.25, 0.3) is 5.56 Å². The molecule has 1 unspecified atom stereocenters. The van der Waals surface area contributed by atoms with E-state index in [9.17, 15) is 9.59 Å². The minimum Gasteiger partial charge on any atom is -0.497 e. The van der Waals surface area contributed by atoms with E-state index >= 15 is 0 Å². The highest BCUT2D eigenvalue weighted by molar-refractivity contribution is 8.00. The fraction of sp³-hybridized carbons (Fsp3) is 0.136. The van der Waals surface area contributed by atoms with Gasteiger partial charge >= 0.3 is 0 Å². The van der Waals surface area contributed by atoms with Gasteiger partial charge in [0.05, 0.1) is 23.4 Å². The Morgan fingerprint density at radius 2 is 1.97 bits per heavy atom. The summed E-state index contributed by atoms with van der Waals surface area (Å²) in [5.74, 6) is 0.476. The van der Waals surface area contributed by atoms with Crippen LogP contribution in [-0.2, 0) is 4.79 Å². The quantitative estimate of drug-likeness (QED) is 0.353. The van der Waals surface area contributed by atoms with Crippen LogP contribution in [0.25, 0.3) is 15.9 Å². The van der Waals surface area contributed by atoms with E-state index in [2.05, 4.69) is 10.3 Å². The van der Waals surface area contributed by atoms with Gasteiger partial charge in [0, 0.05) is 11.8 Å². The van der Waals surface area contributed by atoms with Gasteiger partial charge in [-0.05, 0) is 42.6 Å². The number of para-hydroxylation sites is 1. The zero-order valence-corrected chi connectivity index (χ0v) is 18.0. The lowest BCUT2D eigenvalue weighted by molar-refractivity contribution is -0.115. The molecule has 0 radical (unpaired) electrons. The molecule has 0 aliphatic carbocycles. The number of aromatic nitrogens is 2. The first kappa shape index (κ1) is 20.2. The number of nitrogens with zero attached hydrogens (tertiary/aromatic N) is 2. The molecule has 30 heavy (non-hydrogen) atoms. The number of benzene rings is 2. The van der Waals surface area contributed by atoms with Crippen molar-refractivity contribution >= 4 is 44.9 Å². The van der Waals surface area contributed by atoms with Crippen LogP contribution in [0.3, 0.4) is 0 Å². The Balaban J connectivity index is 1.65. The molecule has 4 aromatic rings. The SMILES string of the molecule is COc1cccc(NC(=O)C(C)Sc2nc3sccc3c(=O)n2-c2ccccc2)c1. The van der Waals surface area contributed by atoms with E-state index in [0.717, 1.165) is 0 Å². The molecule has 1 amide bonds. The standard InChI is InChI=1S/C22H19N3O3S2/c1-14(19(26)23-15-7-6-10-17(13-15)28-2)30-22-24-20-18(11-12-29-20)21(27)25(22)16-8-4-3-5-9-16/h3-14H,1-2H3,(H,23,26). The zero-order valence-electron chi connectivity index (χ0n) is 16.4. The van der Waals surface area contributed by atoms with E-state index in [1.807, 2.05) is 47.8 Å². The zero-order chi connectivity index (χ0) is 21.1. The molecule has 2 heterocycles. The summed E-state index contributed by atoms with van der Waals surface area (Å²) < 4.78 is 6.76. The molecule has 1 atom stereocenters. The van der Waals surface area contributed by atoms with Gasteiger partial charge in [-0.3, -0.25) is 14.2 Å². The second-order valence-corrected chi connectivity index (χ2v) is 8.69. The lowest BCUT2D eigenvalue weighted by atomic mass is 10.3. The number of amides is 1. The number of nitrogens with one attached hydrogen (secondary N) is 1. The number of thiophene rings is 1. The van der Waals surface area contributed by atoms with Crippen LogP contribution in [0.4, 0.5) is 5.69 Å². The Morgan fingerprint density at radius 3 is 2.73 bits per heavy atom. The van der Waals surface area contributed by atoms with Crippen molar-refractivity contribution in [2.75, 3.05) is 12.4 Å². The van der Waals surface area contributed by atoms with Crippen molar-refractivity contribution in [3.63, 3.8) is 0 Å². The van der Waals surface area contributed by atoms with Crippen molar-refractivity contribution in [1.82, 2.24) is 9.55 Å².